The highest BCUT2D eigenvalue weighted by molar-refractivity contribution is 5.90. The maximum Gasteiger partial charge on any atom is 0.414 e. The van der Waals surface area contributed by atoms with E-state index >= 15 is 4.39 Å². The highest BCUT2D eigenvalue weighted by Gasteiger charge is 2.69. The molecule has 34 heavy (non-hydrogen) atoms. The SMILES string of the molecule is N#C[C@]1(c2ccc(-c3ccc(N4C[C@H](Cn5nncc5F)OC4=O)cc3F)cn2)[C@@H]2CNC[C@@H]21. The average Bonchev–Trinajstić information content (AvgIpc) is 3.29. The van der Waals surface area contributed by atoms with Crippen molar-refractivity contribution in [3.05, 3.63) is 60.2 Å². The van der Waals surface area contributed by atoms with E-state index in [1.54, 1.807) is 30.5 Å². The molecular weight excluding hydrogens is 444 g/mol. The van der Waals surface area contributed by atoms with Crippen LogP contribution in [0.5, 0.6) is 0 Å². The molecule has 2 aromatic heterocycles. The summed E-state index contributed by atoms with van der Waals surface area (Å²) in [7, 11) is 0. The van der Waals surface area contributed by atoms with Gasteiger partial charge >= 0.3 is 6.09 Å². The van der Waals surface area contributed by atoms with Crippen molar-refractivity contribution in [2.75, 3.05) is 24.5 Å². The van der Waals surface area contributed by atoms with Crippen LogP contribution < -0.4 is 10.2 Å². The topological polar surface area (TPSA) is 109 Å². The van der Waals surface area contributed by atoms with E-state index in [4.69, 9.17) is 4.74 Å². The number of rotatable bonds is 5. The van der Waals surface area contributed by atoms with Crippen LogP contribution in [0.4, 0.5) is 19.3 Å². The van der Waals surface area contributed by atoms with Crippen LogP contribution in [0.25, 0.3) is 11.1 Å². The molecule has 0 spiro atoms. The molecule has 0 radical (unpaired) electrons. The Hall–Kier alpha value is -3.91. The van der Waals surface area contributed by atoms with Gasteiger partial charge in [-0.05, 0) is 24.3 Å². The summed E-state index contributed by atoms with van der Waals surface area (Å²) in [5, 5.41) is 20.1. The van der Waals surface area contributed by atoms with Crippen molar-refractivity contribution >= 4 is 11.8 Å². The number of halogens is 2. The van der Waals surface area contributed by atoms with Crippen LogP contribution in [0, 0.1) is 34.9 Å². The van der Waals surface area contributed by atoms with Gasteiger partial charge in [0.25, 0.3) is 0 Å². The second kappa shape index (κ2) is 7.56. The zero-order valence-electron chi connectivity index (χ0n) is 17.9. The molecule has 1 saturated carbocycles. The molecular formula is C23H19F2N7O2. The molecule has 0 bridgehead atoms. The Balaban J connectivity index is 1.19. The quantitative estimate of drug-likeness (QED) is 0.618. The molecule has 1 N–H and O–H groups in total. The van der Waals surface area contributed by atoms with E-state index in [2.05, 4.69) is 26.7 Å². The molecule has 6 rings (SSSR count). The molecule has 9 nitrogen and oxygen atoms in total. The Morgan fingerprint density at radius 1 is 1.21 bits per heavy atom. The summed E-state index contributed by atoms with van der Waals surface area (Å²) in [6, 6.07) is 10.5. The third-order valence-electron chi connectivity index (χ3n) is 7.04. The third kappa shape index (κ3) is 3.06. The van der Waals surface area contributed by atoms with Crippen molar-refractivity contribution in [1.82, 2.24) is 25.3 Å². The van der Waals surface area contributed by atoms with E-state index in [-0.39, 0.29) is 24.9 Å². The molecule has 2 saturated heterocycles. The summed E-state index contributed by atoms with van der Waals surface area (Å²) >= 11 is 0. The summed E-state index contributed by atoms with van der Waals surface area (Å²) in [6.07, 6.45) is 1.26. The predicted octanol–water partition coefficient (Wildman–Crippen LogP) is 2.25. The van der Waals surface area contributed by atoms with E-state index < -0.39 is 29.4 Å². The van der Waals surface area contributed by atoms with E-state index in [0.717, 1.165) is 29.7 Å². The minimum Gasteiger partial charge on any atom is -0.442 e. The van der Waals surface area contributed by atoms with Gasteiger partial charge in [-0.1, -0.05) is 11.3 Å². The number of nitriles is 1. The molecule has 1 aliphatic carbocycles. The number of ether oxygens (including phenoxy) is 1. The van der Waals surface area contributed by atoms with E-state index in [0.29, 0.717) is 16.8 Å². The first-order valence-electron chi connectivity index (χ1n) is 10.9. The maximum atomic E-state index is 15.0. The van der Waals surface area contributed by atoms with Crippen LogP contribution in [0.1, 0.15) is 5.69 Å². The van der Waals surface area contributed by atoms with Crippen LogP contribution in [-0.2, 0) is 16.7 Å². The third-order valence-corrected chi connectivity index (χ3v) is 7.04. The zero-order chi connectivity index (χ0) is 23.4. The second-order valence-corrected chi connectivity index (χ2v) is 8.80. The fraction of sp³-hybridized carbons (Fsp3) is 0.348. The number of pyridine rings is 1. The number of aromatic nitrogens is 4. The molecule has 1 aromatic carbocycles. The first kappa shape index (κ1) is 20.7. The van der Waals surface area contributed by atoms with Gasteiger partial charge in [-0.25, -0.2) is 13.9 Å². The van der Waals surface area contributed by atoms with Gasteiger partial charge in [0.2, 0.25) is 5.95 Å². The van der Waals surface area contributed by atoms with Crippen molar-refractivity contribution in [3.63, 3.8) is 0 Å². The normalized spacial score (nSPS) is 27.4. The number of carbonyl (C=O) groups is 1. The Bertz CT molecular complexity index is 1310. The first-order chi connectivity index (χ1) is 16.5. The highest BCUT2D eigenvalue weighted by atomic mass is 19.1. The Kier molecular flexibility index (Phi) is 4.60. The van der Waals surface area contributed by atoms with Crippen LogP contribution >= 0.6 is 0 Å². The lowest BCUT2D eigenvalue weighted by Crippen LogP contribution is -2.26. The van der Waals surface area contributed by atoms with Crippen molar-refractivity contribution in [1.29, 1.82) is 5.26 Å². The van der Waals surface area contributed by atoms with E-state index in [1.807, 2.05) is 0 Å². The van der Waals surface area contributed by atoms with Crippen molar-refractivity contribution in [2.45, 2.75) is 18.1 Å². The summed E-state index contributed by atoms with van der Waals surface area (Å²) in [4.78, 5) is 18.1. The summed E-state index contributed by atoms with van der Waals surface area (Å²) in [6.45, 7) is 1.76. The molecule has 3 aromatic rings. The first-order valence-corrected chi connectivity index (χ1v) is 10.9. The number of hydrogen-bond donors (Lipinski definition) is 1. The highest BCUT2D eigenvalue weighted by Crippen LogP contribution is 2.60. The number of nitrogens with one attached hydrogen (secondary N) is 1. The van der Waals surface area contributed by atoms with E-state index in [9.17, 15) is 14.4 Å². The number of fused-ring (bicyclic) bond motifs is 1. The number of amides is 1. The van der Waals surface area contributed by atoms with Crippen molar-refractivity contribution in [2.24, 2.45) is 11.8 Å². The van der Waals surface area contributed by atoms with Crippen molar-refractivity contribution in [3.8, 4) is 17.2 Å². The van der Waals surface area contributed by atoms with Gasteiger partial charge in [-0.3, -0.25) is 9.88 Å². The average molecular weight is 463 g/mol. The Labute approximate surface area is 193 Å². The molecule has 172 valence electrons. The maximum absolute atomic E-state index is 15.0. The van der Waals surface area contributed by atoms with Gasteiger partial charge in [-0.2, -0.15) is 9.65 Å². The largest absolute Gasteiger partial charge is 0.442 e. The standard InChI is InChI=1S/C23H19F2N7O2/c24-19-5-14(31-10-15(34-22(31)33)11-32-21(25)9-29-30-32)2-3-16(19)13-1-4-20(28-6-13)23(12-26)17-7-27-8-18(17)23/h1-6,9,15,17-18,27H,7-8,10-11H2/t15-,17-,18+,23+/m1/s1. The molecule has 3 aliphatic rings. The van der Waals surface area contributed by atoms with Crippen molar-refractivity contribution < 1.29 is 18.3 Å². The minimum atomic E-state index is -0.646. The minimum absolute atomic E-state index is 0.00855. The molecule has 0 unspecified atom stereocenters. The lowest BCUT2D eigenvalue weighted by atomic mass is 9.96. The zero-order valence-corrected chi connectivity index (χ0v) is 17.9. The predicted molar refractivity (Wildman–Crippen MR) is 114 cm³/mol. The molecule has 4 heterocycles. The number of anilines is 1. The molecule has 3 fully saturated rings. The molecule has 1 amide bonds. The number of benzene rings is 1. The van der Waals surface area contributed by atoms with Crippen LogP contribution in [0.3, 0.4) is 0 Å². The number of carbonyl (C=O) groups excluding carboxylic acids is 1. The Morgan fingerprint density at radius 3 is 2.68 bits per heavy atom. The van der Waals surface area contributed by atoms with Gasteiger partial charge in [0, 0.05) is 42.2 Å². The number of nitrogens with zero attached hydrogens (tertiary/aromatic N) is 6. The van der Waals surface area contributed by atoms with Gasteiger partial charge in [-0.15, -0.1) is 5.10 Å². The van der Waals surface area contributed by atoms with Gasteiger partial charge in [0.05, 0.1) is 30.5 Å². The Morgan fingerprint density at radius 2 is 2.03 bits per heavy atom. The number of hydrogen-bond acceptors (Lipinski definition) is 7. The number of piperidine rings is 1. The number of cyclic esters (lactones) is 1. The van der Waals surface area contributed by atoms with Gasteiger partial charge in [0.15, 0.2) is 0 Å². The lowest BCUT2D eigenvalue weighted by molar-refractivity contribution is 0.126. The lowest BCUT2D eigenvalue weighted by Gasteiger charge is -2.15. The van der Waals surface area contributed by atoms with E-state index in [1.165, 1.54) is 11.0 Å². The summed E-state index contributed by atoms with van der Waals surface area (Å²) in [5.74, 6) is -0.603. The van der Waals surface area contributed by atoms with Gasteiger partial charge < -0.3 is 10.1 Å². The van der Waals surface area contributed by atoms with Crippen LogP contribution in [0.15, 0.2) is 42.7 Å². The second-order valence-electron chi connectivity index (χ2n) is 8.80. The van der Waals surface area contributed by atoms with Crippen LogP contribution in [0.2, 0.25) is 0 Å². The van der Waals surface area contributed by atoms with Gasteiger partial charge in [0.1, 0.15) is 23.5 Å². The van der Waals surface area contributed by atoms with Crippen LogP contribution in [-0.4, -0.2) is 51.8 Å². The summed E-state index contributed by atoms with van der Waals surface area (Å²) < 4.78 is 34.9. The fourth-order valence-corrected chi connectivity index (χ4v) is 5.24. The molecule has 2 aliphatic heterocycles. The molecule has 4 atom stereocenters. The summed E-state index contributed by atoms with van der Waals surface area (Å²) in [5.41, 5.74) is 1.42. The smallest absolute Gasteiger partial charge is 0.414 e. The monoisotopic (exact) mass is 463 g/mol. The fourth-order valence-electron chi connectivity index (χ4n) is 5.24. The molecule has 11 heteroatoms.